The molecule has 0 amide bonds. The number of nitrogen functional groups attached to an aromatic ring is 1. The molecule has 39 heavy (non-hydrogen) atoms. The maximum Gasteiger partial charge on any atom is 0.343 e. The Morgan fingerprint density at radius 3 is 2.67 bits per heavy atom. The summed E-state index contributed by atoms with van der Waals surface area (Å²) in [6.45, 7) is 6.05. The number of anilines is 1. The lowest BCUT2D eigenvalue weighted by Crippen LogP contribution is -2.44. The molecular formula is C30H35N3O6. The molecule has 2 aromatic heterocycles. The number of Topliss-reactive ketones (excluding diaryl/α,β-unsaturated/α-hetero) is 1. The van der Waals surface area contributed by atoms with Crippen molar-refractivity contribution >= 4 is 28.3 Å². The number of esters is 1. The Morgan fingerprint density at radius 1 is 1.18 bits per heavy atom. The predicted octanol–water partition coefficient (Wildman–Crippen LogP) is 4.14. The molecule has 3 aromatic rings. The lowest BCUT2D eigenvalue weighted by Gasteiger charge is -2.31. The van der Waals surface area contributed by atoms with Gasteiger partial charge in [-0.3, -0.25) is 4.79 Å². The summed E-state index contributed by atoms with van der Waals surface area (Å²) < 4.78 is 12.9. The highest BCUT2D eigenvalue weighted by Gasteiger charge is 2.45. The van der Waals surface area contributed by atoms with Gasteiger partial charge in [0.25, 0.3) is 5.56 Å². The first kappa shape index (κ1) is 26.9. The standard InChI is InChI=1S/C30H35N3O6/c1-4-18-19-15-33-23(14-21-20(28(33)35)16-39-29(36)30(21,37)5-2)27(19)32-22-11-12-24(26(31)25(18)22)38-13-9-7-6-8-10-17(3)34/h11-12,14,37H,4-10,13,15-16,31H2,1-3H3/t30-/m0/s1. The van der Waals surface area contributed by atoms with Crippen molar-refractivity contribution in [1.29, 1.82) is 0 Å². The number of aliphatic hydroxyl groups is 1. The Hall–Kier alpha value is -3.72. The van der Waals surface area contributed by atoms with Crippen molar-refractivity contribution in [2.75, 3.05) is 12.3 Å². The third kappa shape index (κ3) is 4.48. The van der Waals surface area contributed by atoms with Gasteiger partial charge in [-0.25, -0.2) is 9.78 Å². The Bertz CT molecular complexity index is 1540. The van der Waals surface area contributed by atoms with Crippen LogP contribution in [0.3, 0.4) is 0 Å². The first-order valence-electron chi connectivity index (χ1n) is 13.7. The van der Waals surface area contributed by atoms with Gasteiger partial charge in [0, 0.05) is 22.9 Å². The van der Waals surface area contributed by atoms with E-state index in [1.54, 1.807) is 24.5 Å². The highest BCUT2D eigenvalue weighted by molar-refractivity contribution is 5.99. The van der Waals surface area contributed by atoms with Crippen LogP contribution in [0.15, 0.2) is 23.0 Å². The Kier molecular flexibility index (Phi) is 7.20. The number of pyridine rings is 2. The summed E-state index contributed by atoms with van der Waals surface area (Å²) in [6, 6.07) is 5.43. The Labute approximate surface area is 226 Å². The van der Waals surface area contributed by atoms with Gasteiger partial charge in [0.2, 0.25) is 0 Å². The van der Waals surface area contributed by atoms with Crippen molar-refractivity contribution in [3.8, 4) is 17.1 Å². The van der Waals surface area contributed by atoms with Crippen molar-refractivity contribution in [2.24, 2.45) is 0 Å². The molecule has 0 saturated carbocycles. The van der Waals surface area contributed by atoms with E-state index in [0.29, 0.717) is 65.5 Å². The zero-order valence-corrected chi connectivity index (χ0v) is 22.8. The van der Waals surface area contributed by atoms with E-state index in [-0.39, 0.29) is 24.4 Å². The second-order valence-electron chi connectivity index (χ2n) is 10.5. The molecule has 0 unspecified atom stereocenters. The number of aryl methyl sites for hydroxylation is 1. The number of carbonyl (C=O) groups excluding carboxylic acids is 2. The molecular weight excluding hydrogens is 498 g/mol. The summed E-state index contributed by atoms with van der Waals surface area (Å²) in [5.74, 6) is 0.0906. The highest BCUT2D eigenvalue weighted by atomic mass is 16.6. The van der Waals surface area contributed by atoms with Crippen molar-refractivity contribution < 1.29 is 24.2 Å². The molecule has 1 atom stereocenters. The molecule has 0 saturated heterocycles. The van der Waals surface area contributed by atoms with Gasteiger partial charge in [-0.2, -0.15) is 0 Å². The monoisotopic (exact) mass is 533 g/mol. The van der Waals surface area contributed by atoms with Crippen molar-refractivity contribution in [3.05, 3.63) is 50.8 Å². The van der Waals surface area contributed by atoms with Gasteiger partial charge in [-0.1, -0.05) is 26.7 Å². The fourth-order valence-electron chi connectivity index (χ4n) is 5.80. The SMILES string of the molecule is CCc1c2c(nc3ccc(OCCCCCCC(C)=O)c(N)c13)-c1cc3c(c(=O)n1C2)COC(=O)[C@]3(O)CC. The summed E-state index contributed by atoms with van der Waals surface area (Å²) in [5.41, 5.74) is 9.46. The van der Waals surface area contributed by atoms with Crippen LogP contribution in [-0.4, -0.2) is 33.0 Å². The number of carbonyl (C=O) groups is 2. The van der Waals surface area contributed by atoms with Crippen LogP contribution in [0.2, 0.25) is 0 Å². The molecule has 0 bridgehead atoms. The lowest BCUT2D eigenvalue weighted by molar-refractivity contribution is -0.172. The lowest BCUT2D eigenvalue weighted by atomic mass is 9.86. The van der Waals surface area contributed by atoms with Crippen molar-refractivity contribution in [1.82, 2.24) is 9.55 Å². The average molecular weight is 534 g/mol. The van der Waals surface area contributed by atoms with E-state index in [4.69, 9.17) is 20.2 Å². The molecule has 9 nitrogen and oxygen atoms in total. The van der Waals surface area contributed by atoms with Crippen molar-refractivity contribution in [3.63, 3.8) is 0 Å². The number of ketones is 1. The van der Waals surface area contributed by atoms with E-state index in [2.05, 4.69) is 0 Å². The van der Waals surface area contributed by atoms with Crippen LogP contribution in [0.1, 0.15) is 81.5 Å². The Balaban J connectivity index is 1.49. The van der Waals surface area contributed by atoms with Crippen LogP contribution in [0.4, 0.5) is 5.69 Å². The number of cyclic esters (lactones) is 1. The second kappa shape index (κ2) is 10.4. The van der Waals surface area contributed by atoms with E-state index in [9.17, 15) is 19.5 Å². The molecule has 5 rings (SSSR count). The molecule has 0 fully saturated rings. The topological polar surface area (TPSA) is 134 Å². The smallest absolute Gasteiger partial charge is 0.343 e. The average Bonchev–Trinajstić information content (AvgIpc) is 3.29. The highest BCUT2D eigenvalue weighted by Crippen LogP contribution is 2.42. The minimum atomic E-state index is -1.86. The van der Waals surface area contributed by atoms with Crippen LogP contribution >= 0.6 is 0 Å². The number of aromatic nitrogens is 2. The molecule has 0 radical (unpaired) electrons. The molecule has 4 heterocycles. The Morgan fingerprint density at radius 2 is 1.95 bits per heavy atom. The number of benzene rings is 1. The quantitative estimate of drug-likeness (QED) is 0.176. The van der Waals surface area contributed by atoms with Gasteiger partial charge >= 0.3 is 5.97 Å². The third-order valence-corrected chi connectivity index (χ3v) is 8.00. The number of ether oxygens (including phenoxy) is 2. The molecule has 3 N–H and O–H groups in total. The largest absolute Gasteiger partial charge is 0.491 e. The van der Waals surface area contributed by atoms with Gasteiger partial charge in [0.1, 0.15) is 18.1 Å². The summed E-state index contributed by atoms with van der Waals surface area (Å²) in [6.07, 6.45) is 5.14. The minimum absolute atomic E-state index is 0.0949. The van der Waals surface area contributed by atoms with Crippen LogP contribution in [0, 0.1) is 0 Å². The van der Waals surface area contributed by atoms with Crippen LogP contribution in [0.5, 0.6) is 5.75 Å². The zero-order chi connectivity index (χ0) is 27.9. The van der Waals surface area contributed by atoms with Gasteiger partial charge in [0.05, 0.1) is 41.3 Å². The molecule has 9 heteroatoms. The summed E-state index contributed by atoms with van der Waals surface area (Å²) in [7, 11) is 0. The number of fused-ring (bicyclic) bond motifs is 5. The van der Waals surface area contributed by atoms with Gasteiger partial charge < -0.3 is 29.7 Å². The summed E-state index contributed by atoms with van der Waals surface area (Å²) in [4.78, 5) is 42.0. The maximum atomic E-state index is 13.5. The molecule has 2 aliphatic heterocycles. The van der Waals surface area contributed by atoms with E-state index >= 15 is 0 Å². The third-order valence-electron chi connectivity index (χ3n) is 8.00. The summed E-state index contributed by atoms with van der Waals surface area (Å²) in [5, 5.41) is 11.9. The molecule has 206 valence electrons. The van der Waals surface area contributed by atoms with E-state index < -0.39 is 11.6 Å². The fourth-order valence-corrected chi connectivity index (χ4v) is 5.80. The maximum absolute atomic E-state index is 13.5. The van der Waals surface area contributed by atoms with Gasteiger partial charge in [-0.05, 0) is 56.4 Å². The number of nitrogens with two attached hydrogens (primary N) is 1. The number of unbranched alkanes of at least 4 members (excludes halogenated alkanes) is 3. The van der Waals surface area contributed by atoms with E-state index in [1.165, 1.54) is 0 Å². The molecule has 1 aromatic carbocycles. The van der Waals surface area contributed by atoms with Gasteiger partial charge in [0.15, 0.2) is 5.60 Å². The normalized spacial score (nSPS) is 17.5. The first-order valence-corrected chi connectivity index (χ1v) is 13.7. The first-order chi connectivity index (χ1) is 18.7. The second-order valence-corrected chi connectivity index (χ2v) is 10.5. The predicted molar refractivity (Wildman–Crippen MR) is 148 cm³/mol. The van der Waals surface area contributed by atoms with Crippen LogP contribution in [-0.2, 0) is 39.5 Å². The number of hydrogen-bond acceptors (Lipinski definition) is 8. The molecule has 0 aliphatic carbocycles. The van der Waals surface area contributed by atoms with Crippen LogP contribution in [0.25, 0.3) is 22.3 Å². The number of nitrogens with zero attached hydrogens (tertiary/aromatic N) is 2. The van der Waals surface area contributed by atoms with Crippen LogP contribution < -0.4 is 16.0 Å². The molecule has 0 spiro atoms. The fraction of sp³-hybridized carbons (Fsp3) is 0.467. The number of hydrogen-bond donors (Lipinski definition) is 2. The molecule has 2 aliphatic rings. The van der Waals surface area contributed by atoms with E-state index in [0.717, 1.165) is 42.2 Å². The van der Waals surface area contributed by atoms with E-state index in [1.807, 2.05) is 19.1 Å². The van der Waals surface area contributed by atoms with Gasteiger partial charge in [-0.15, -0.1) is 0 Å². The van der Waals surface area contributed by atoms with Crippen molar-refractivity contribution in [2.45, 2.75) is 84.5 Å². The minimum Gasteiger partial charge on any atom is -0.491 e. The number of rotatable bonds is 10. The zero-order valence-electron chi connectivity index (χ0n) is 22.8. The summed E-state index contributed by atoms with van der Waals surface area (Å²) >= 11 is 0.